The zero-order chi connectivity index (χ0) is 13.0. The zero-order valence-electron chi connectivity index (χ0n) is 10.0. The quantitative estimate of drug-likeness (QED) is 0.899. The number of carbonyl (C=O) groups is 1. The lowest BCUT2D eigenvalue weighted by atomic mass is 10.2. The van der Waals surface area contributed by atoms with Gasteiger partial charge in [-0.05, 0) is 30.8 Å². The summed E-state index contributed by atoms with van der Waals surface area (Å²) in [5, 5.41) is 8.86. The molecule has 2 rings (SSSR count). The summed E-state index contributed by atoms with van der Waals surface area (Å²) < 4.78 is 0. The number of nitrogens with zero attached hydrogens (tertiary/aromatic N) is 2. The summed E-state index contributed by atoms with van der Waals surface area (Å²) in [6.07, 6.45) is 3.59. The van der Waals surface area contributed by atoms with Gasteiger partial charge in [0.25, 0.3) is 0 Å². The van der Waals surface area contributed by atoms with Crippen LogP contribution in [0.3, 0.4) is 0 Å². The highest BCUT2D eigenvalue weighted by atomic mass is 32.1. The molecule has 0 saturated carbocycles. The van der Waals surface area contributed by atoms with E-state index in [1.54, 1.807) is 12.3 Å². The van der Waals surface area contributed by atoms with Crippen LogP contribution in [0.25, 0.3) is 0 Å². The Morgan fingerprint density at radius 1 is 1.39 bits per heavy atom. The van der Waals surface area contributed by atoms with Crippen molar-refractivity contribution in [1.29, 1.82) is 0 Å². The molecule has 0 fully saturated rings. The molecule has 94 valence electrons. The van der Waals surface area contributed by atoms with E-state index in [0.29, 0.717) is 4.88 Å². The van der Waals surface area contributed by atoms with E-state index in [-0.39, 0.29) is 0 Å². The standard InChI is InChI=1S/C13H14N2O2S/c1-15(8-10-3-2-6-14-7-10)9-11-4-5-12(18-11)13(16)17/h2-7H,8-9H2,1H3,(H,16,17). The summed E-state index contributed by atoms with van der Waals surface area (Å²) in [5.41, 5.74) is 1.15. The Bertz CT molecular complexity index is 525. The van der Waals surface area contributed by atoms with E-state index >= 15 is 0 Å². The van der Waals surface area contributed by atoms with Gasteiger partial charge >= 0.3 is 5.97 Å². The van der Waals surface area contributed by atoms with E-state index in [1.165, 1.54) is 11.3 Å². The van der Waals surface area contributed by atoms with Crippen molar-refractivity contribution < 1.29 is 9.90 Å². The lowest BCUT2D eigenvalue weighted by Crippen LogP contribution is -2.16. The number of hydrogen-bond acceptors (Lipinski definition) is 4. The van der Waals surface area contributed by atoms with Crippen LogP contribution in [0, 0.1) is 0 Å². The molecule has 4 nitrogen and oxygen atoms in total. The highest BCUT2D eigenvalue weighted by molar-refractivity contribution is 7.13. The molecule has 0 atom stereocenters. The Morgan fingerprint density at radius 2 is 2.22 bits per heavy atom. The molecule has 0 radical (unpaired) electrons. The number of rotatable bonds is 5. The van der Waals surface area contributed by atoms with Crippen LogP contribution >= 0.6 is 11.3 Å². The number of aromatic carboxylic acids is 1. The highest BCUT2D eigenvalue weighted by Crippen LogP contribution is 2.18. The van der Waals surface area contributed by atoms with Gasteiger partial charge in [-0.1, -0.05) is 6.07 Å². The lowest BCUT2D eigenvalue weighted by Gasteiger charge is -2.15. The fourth-order valence-corrected chi connectivity index (χ4v) is 2.63. The number of carboxylic acid groups (broad SMARTS) is 1. The summed E-state index contributed by atoms with van der Waals surface area (Å²) in [7, 11) is 2.01. The van der Waals surface area contributed by atoms with E-state index in [1.807, 2.05) is 31.4 Å². The minimum atomic E-state index is -0.860. The van der Waals surface area contributed by atoms with Crippen LogP contribution in [-0.2, 0) is 13.1 Å². The van der Waals surface area contributed by atoms with Crippen LogP contribution in [0.15, 0.2) is 36.7 Å². The van der Waals surface area contributed by atoms with Crippen molar-refractivity contribution >= 4 is 17.3 Å². The minimum Gasteiger partial charge on any atom is -0.477 e. The summed E-state index contributed by atoms with van der Waals surface area (Å²) >= 11 is 1.32. The average Bonchev–Trinajstić information content (AvgIpc) is 2.78. The van der Waals surface area contributed by atoms with Crippen LogP contribution in [0.5, 0.6) is 0 Å². The van der Waals surface area contributed by atoms with Crippen molar-refractivity contribution in [2.75, 3.05) is 7.05 Å². The van der Waals surface area contributed by atoms with Crippen molar-refractivity contribution in [1.82, 2.24) is 9.88 Å². The van der Waals surface area contributed by atoms with E-state index in [9.17, 15) is 4.79 Å². The molecule has 0 aliphatic heterocycles. The van der Waals surface area contributed by atoms with Crippen molar-refractivity contribution in [2.24, 2.45) is 0 Å². The Labute approximate surface area is 110 Å². The predicted molar refractivity (Wildman–Crippen MR) is 70.7 cm³/mol. The molecule has 2 heterocycles. The van der Waals surface area contributed by atoms with Gasteiger partial charge in [0.05, 0.1) is 0 Å². The second kappa shape index (κ2) is 5.75. The molecule has 0 aliphatic rings. The first-order chi connectivity index (χ1) is 8.65. The highest BCUT2D eigenvalue weighted by Gasteiger charge is 2.08. The Kier molecular flexibility index (Phi) is 4.07. The van der Waals surface area contributed by atoms with E-state index < -0.39 is 5.97 Å². The SMILES string of the molecule is CN(Cc1cccnc1)Cc1ccc(C(=O)O)s1. The monoisotopic (exact) mass is 262 g/mol. The fraction of sp³-hybridized carbons (Fsp3) is 0.231. The average molecular weight is 262 g/mol. The maximum Gasteiger partial charge on any atom is 0.345 e. The van der Waals surface area contributed by atoms with Gasteiger partial charge in [-0.2, -0.15) is 0 Å². The topological polar surface area (TPSA) is 53.4 Å². The molecule has 0 unspecified atom stereocenters. The molecule has 0 saturated heterocycles. The molecule has 1 N–H and O–H groups in total. The normalized spacial score (nSPS) is 10.8. The van der Waals surface area contributed by atoms with Crippen LogP contribution in [-0.4, -0.2) is 28.0 Å². The smallest absolute Gasteiger partial charge is 0.345 e. The number of hydrogen-bond donors (Lipinski definition) is 1. The first-order valence-corrected chi connectivity index (χ1v) is 6.36. The third-order valence-corrected chi connectivity index (χ3v) is 3.53. The molecule has 18 heavy (non-hydrogen) atoms. The van der Waals surface area contributed by atoms with Crippen LogP contribution in [0.4, 0.5) is 0 Å². The second-order valence-corrected chi connectivity index (χ2v) is 5.27. The molecule has 0 aliphatic carbocycles. The van der Waals surface area contributed by atoms with Gasteiger partial charge < -0.3 is 5.11 Å². The van der Waals surface area contributed by atoms with Gasteiger partial charge in [-0.25, -0.2) is 4.79 Å². The first-order valence-electron chi connectivity index (χ1n) is 5.54. The molecule has 2 aromatic heterocycles. The largest absolute Gasteiger partial charge is 0.477 e. The first kappa shape index (κ1) is 12.7. The van der Waals surface area contributed by atoms with E-state index in [2.05, 4.69) is 9.88 Å². The molecule has 5 heteroatoms. The number of aromatic nitrogens is 1. The molecule has 0 aromatic carbocycles. The van der Waals surface area contributed by atoms with Crippen LogP contribution in [0.1, 0.15) is 20.1 Å². The predicted octanol–water partition coefficient (Wildman–Crippen LogP) is 2.47. The maximum atomic E-state index is 10.8. The summed E-state index contributed by atoms with van der Waals surface area (Å²) in [6.45, 7) is 1.54. The molecular weight excluding hydrogens is 248 g/mol. The fourth-order valence-electron chi connectivity index (χ4n) is 1.70. The number of carboxylic acids is 1. The minimum absolute atomic E-state index is 0.389. The maximum absolute atomic E-state index is 10.8. The summed E-state index contributed by atoms with van der Waals surface area (Å²) in [4.78, 5) is 18.4. The van der Waals surface area contributed by atoms with E-state index in [4.69, 9.17) is 5.11 Å². The van der Waals surface area contributed by atoms with Gasteiger partial charge in [-0.15, -0.1) is 11.3 Å². The third-order valence-electron chi connectivity index (χ3n) is 2.47. The molecular formula is C13H14N2O2S. The van der Waals surface area contributed by atoms with Gasteiger partial charge in [0.2, 0.25) is 0 Å². The zero-order valence-corrected chi connectivity index (χ0v) is 10.9. The van der Waals surface area contributed by atoms with Gasteiger partial charge in [0, 0.05) is 30.4 Å². The van der Waals surface area contributed by atoms with Gasteiger partial charge in [-0.3, -0.25) is 9.88 Å². The Balaban J connectivity index is 1.94. The summed E-state index contributed by atoms with van der Waals surface area (Å²) in [6, 6.07) is 7.46. The van der Waals surface area contributed by atoms with E-state index in [0.717, 1.165) is 23.5 Å². The Morgan fingerprint density at radius 3 is 2.83 bits per heavy atom. The number of pyridine rings is 1. The van der Waals surface area contributed by atoms with Crippen molar-refractivity contribution in [3.05, 3.63) is 52.0 Å². The second-order valence-electron chi connectivity index (χ2n) is 4.10. The van der Waals surface area contributed by atoms with Crippen molar-refractivity contribution in [2.45, 2.75) is 13.1 Å². The van der Waals surface area contributed by atoms with Crippen molar-refractivity contribution in [3.8, 4) is 0 Å². The van der Waals surface area contributed by atoms with Gasteiger partial charge in [0.1, 0.15) is 4.88 Å². The number of thiophene rings is 1. The van der Waals surface area contributed by atoms with Crippen molar-refractivity contribution in [3.63, 3.8) is 0 Å². The molecule has 0 amide bonds. The summed E-state index contributed by atoms with van der Waals surface area (Å²) in [5.74, 6) is -0.860. The molecule has 0 bridgehead atoms. The van der Waals surface area contributed by atoms with Crippen LogP contribution < -0.4 is 0 Å². The molecule has 0 spiro atoms. The molecule has 2 aromatic rings. The van der Waals surface area contributed by atoms with Gasteiger partial charge in [0.15, 0.2) is 0 Å². The lowest BCUT2D eigenvalue weighted by molar-refractivity contribution is 0.0702. The Hall–Kier alpha value is -1.72. The third kappa shape index (κ3) is 3.38. The van der Waals surface area contributed by atoms with Crippen LogP contribution in [0.2, 0.25) is 0 Å².